The van der Waals surface area contributed by atoms with Crippen molar-refractivity contribution >= 4 is 17.9 Å². The van der Waals surface area contributed by atoms with Gasteiger partial charge in [0.05, 0.1) is 11.5 Å². The Morgan fingerprint density at radius 2 is 1.94 bits per heavy atom. The number of carbonyl (C=O) groups is 1. The van der Waals surface area contributed by atoms with Gasteiger partial charge in [-0.2, -0.15) is 5.26 Å². The lowest BCUT2D eigenvalue weighted by molar-refractivity contribution is -0.110. The zero-order valence-electron chi connectivity index (χ0n) is 10.1. The van der Waals surface area contributed by atoms with Gasteiger partial charge in [0, 0.05) is 13.1 Å². The van der Waals surface area contributed by atoms with Gasteiger partial charge in [0.2, 0.25) is 0 Å². The molecule has 0 amide bonds. The van der Waals surface area contributed by atoms with Crippen LogP contribution in [0.1, 0.15) is 18.4 Å². The third-order valence-corrected chi connectivity index (χ3v) is 4.03. The number of aldehydes is 1. The average molecular weight is 263 g/mol. The summed E-state index contributed by atoms with van der Waals surface area (Å²) >= 11 is 5.90. The number of piperidine rings is 1. The molecule has 1 unspecified atom stereocenters. The minimum atomic E-state index is -0.572. The molecule has 1 fully saturated rings. The average Bonchev–Trinajstić information content (AvgIpc) is 2.47. The van der Waals surface area contributed by atoms with Gasteiger partial charge in [0.15, 0.2) is 6.29 Å². The van der Waals surface area contributed by atoms with Gasteiger partial charge in [-0.25, -0.2) is 0 Å². The number of benzene rings is 1. The van der Waals surface area contributed by atoms with E-state index in [0.717, 1.165) is 11.8 Å². The Morgan fingerprint density at radius 1 is 1.33 bits per heavy atom. The van der Waals surface area contributed by atoms with Gasteiger partial charge in [-0.3, -0.25) is 4.90 Å². The molecule has 3 nitrogen and oxygen atoms in total. The van der Waals surface area contributed by atoms with Crippen molar-refractivity contribution in [3.8, 4) is 6.07 Å². The van der Waals surface area contributed by atoms with Crippen molar-refractivity contribution in [2.75, 3.05) is 13.1 Å². The molecule has 1 heterocycles. The minimum Gasteiger partial charge on any atom is -0.300 e. The number of nitriles is 1. The van der Waals surface area contributed by atoms with E-state index in [2.05, 4.69) is 6.07 Å². The van der Waals surface area contributed by atoms with Crippen molar-refractivity contribution in [2.24, 2.45) is 0 Å². The molecule has 0 aromatic heterocycles. The van der Waals surface area contributed by atoms with Gasteiger partial charge in [-0.1, -0.05) is 41.9 Å². The Kier molecular flexibility index (Phi) is 4.00. The van der Waals surface area contributed by atoms with E-state index in [4.69, 9.17) is 11.6 Å². The molecule has 2 rings (SSSR count). The molecule has 0 bridgehead atoms. The van der Waals surface area contributed by atoms with E-state index in [1.807, 2.05) is 35.2 Å². The summed E-state index contributed by atoms with van der Waals surface area (Å²) in [6.45, 7) is 1.35. The molecule has 1 aromatic rings. The fraction of sp³-hybridized carbons (Fsp3) is 0.429. The smallest absolute Gasteiger partial charge is 0.152 e. The van der Waals surface area contributed by atoms with Gasteiger partial charge in [-0.05, 0) is 18.4 Å². The molecular formula is C14H15ClN2O. The van der Waals surface area contributed by atoms with Crippen LogP contribution < -0.4 is 0 Å². The second-order valence-corrected chi connectivity index (χ2v) is 5.05. The predicted molar refractivity (Wildman–Crippen MR) is 70.2 cm³/mol. The van der Waals surface area contributed by atoms with Gasteiger partial charge >= 0.3 is 0 Å². The standard InChI is InChI=1S/C14H15ClN2O/c15-13(10-18)17-8-6-14(11-16,7-9-17)12-4-2-1-3-5-12/h1-5,10,13H,6-9H2. The second-order valence-electron chi connectivity index (χ2n) is 4.60. The lowest BCUT2D eigenvalue weighted by Gasteiger charge is -2.38. The highest BCUT2D eigenvalue weighted by atomic mass is 35.5. The number of likely N-dealkylation sites (tertiary alicyclic amines) is 1. The third kappa shape index (κ3) is 2.40. The number of alkyl halides is 1. The zero-order chi connectivity index (χ0) is 13.0. The van der Waals surface area contributed by atoms with Crippen LogP contribution in [0, 0.1) is 11.3 Å². The molecule has 1 atom stereocenters. The SMILES string of the molecule is N#CC1(c2ccccc2)CCN(C(Cl)C=O)CC1. The maximum absolute atomic E-state index is 10.7. The Hall–Kier alpha value is -1.37. The number of rotatable bonds is 3. The Bertz CT molecular complexity index is 447. The first-order chi connectivity index (χ1) is 8.72. The molecule has 0 radical (unpaired) electrons. The molecular weight excluding hydrogens is 248 g/mol. The zero-order valence-corrected chi connectivity index (χ0v) is 10.8. The fourth-order valence-electron chi connectivity index (χ4n) is 2.46. The van der Waals surface area contributed by atoms with Crippen LogP contribution in [0.15, 0.2) is 30.3 Å². The molecule has 1 aliphatic rings. The Labute approximate surface area is 112 Å². The normalized spacial score (nSPS) is 20.9. The first-order valence-corrected chi connectivity index (χ1v) is 6.46. The van der Waals surface area contributed by atoms with Crippen molar-refractivity contribution in [3.05, 3.63) is 35.9 Å². The largest absolute Gasteiger partial charge is 0.300 e. The van der Waals surface area contributed by atoms with Crippen LogP contribution in [0.2, 0.25) is 0 Å². The van der Waals surface area contributed by atoms with Crippen LogP contribution in [-0.4, -0.2) is 29.8 Å². The lowest BCUT2D eigenvalue weighted by atomic mass is 9.74. The van der Waals surface area contributed by atoms with Crippen molar-refractivity contribution in [1.82, 2.24) is 4.90 Å². The highest BCUT2D eigenvalue weighted by Crippen LogP contribution is 2.35. The maximum atomic E-state index is 10.7. The molecule has 0 aliphatic carbocycles. The van der Waals surface area contributed by atoms with E-state index in [1.54, 1.807) is 0 Å². The van der Waals surface area contributed by atoms with Crippen LogP contribution in [-0.2, 0) is 10.2 Å². The van der Waals surface area contributed by atoms with Crippen LogP contribution in [0.25, 0.3) is 0 Å². The number of carbonyl (C=O) groups excluding carboxylic acids is 1. The molecule has 1 aromatic carbocycles. The summed E-state index contributed by atoms with van der Waals surface area (Å²) in [5.74, 6) is 0. The Balaban J connectivity index is 2.15. The molecule has 0 saturated carbocycles. The van der Waals surface area contributed by atoms with Gasteiger partial charge in [-0.15, -0.1) is 0 Å². The quantitative estimate of drug-likeness (QED) is 0.477. The monoisotopic (exact) mass is 262 g/mol. The summed E-state index contributed by atoms with van der Waals surface area (Å²) in [7, 11) is 0. The Morgan fingerprint density at radius 3 is 2.44 bits per heavy atom. The van der Waals surface area contributed by atoms with Crippen LogP contribution in [0.3, 0.4) is 0 Å². The summed E-state index contributed by atoms with van der Waals surface area (Å²) in [4.78, 5) is 12.6. The minimum absolute atomic E-state index is 0.433. The third-order valence-electron chi connectivity index (χ3n) is 3.65. The maximum Gasteiger partial charge on any atom is 0.152 e. The highest BCUT2D eigenvalue weighted by Gasteiger charge is 2.37. The first-order valence-electron chi connectivity index (χ1n) is 6.02. The summed E-state index contributed by atoms with van der Waals surface area (Å²) in [6, 6.07) is 12.3. The van der Waals surface area contributed by atoms with E-state index >= 15 is 0 Å². The number of hydrogen-bond acceptors (Lipinski definition) is 3. The first kappa shape index (κ1) is 13.1. The number of hydrogen-bond donors (Lipinski definition) is 0. The molecule has 0 spiro atoms. The van der Waals surface area contributed by atoms with Gasteiger partial charge in [0.25, 0.3) is 0 Å². The molecule has 18 heavy (non-hydrogen) atoms. The van der Waals surface area contributed by atoms with Crippen LogP contribution >= 0.6 is 11.6 Å². The molecule has 0 N–H and O–H groups in total. The van der Waals surface area contributed by atoms with Gasteiger partial charge in [0.1, 0.15) is 5.50 Å². The predicted octanol–water partition coefficient (Wildman–Crippen LogP) is 2.31. The van der Waals surface area contributed by atoms with E-state index < -0.39 is 10.9 Å². The topological polar surface area (TPSA) is 44.1 Å². The van der Waals surface area contributed by atoms with Crippen molar-refractivity contribution < 1.29 is 4.79 Å². The van der Waals surface area contributed by atoms with Crippen molar-refractivity contribution in [2.45, 2.75) is 23.8 Å². The molecule has 1 aliphatic heterocycles. The second kappa shape index (κ2) is 5.51. The molecule has 1 saturated heterocycles. The van der Waals surface area contributed by atoms with E-state index in [0.29, 0.717) is 25.9 Å². The van der Waals surface area contributed by atoms with Crippen molar-refractivity contribution in [3.63, 3.8) is 0 Å². The van der Waals surface area contributed by atoms with Crippen LogP contribution in [0.4, 0.5) is 0 Å². The number of nitrogens with zero attached hydrogens (tertiary/aromatic N) is 2. The lowest BCUT2D eigenvalue weighted by Crippen LogP contribution is -2.45. The van der Waals surface area contributed by atoms with E-state index in [-0.39, 0.29) is 0 Å². The van der Waals surface area contributed by atoms with E-state index in [1.165, 1.54) is 0 Å². The van der Waals surface area contributed by atoms with Crippen molar-refractivity contribution in [1.29, 1.82) is 5.26 Å². The molecule has 94 valence electrons. The van der Waals surface area contributed by atoms with Gasteiger partial charge < -0.3 is 4.79 Å². The number of halogens is 1. The fourth-order valence-corrected chi connectivity index (χ4v) is 2.66. The summed E-state index contributed by atoms with van der Waals surface area (Å²) in [5.41, 5.74) is 0.0545. The summed E-state index contributed by atoms with van der Waals surface area (Å²) in [5, 5.41) is 9.51. The van der Waals surface area contributed by atoms with E-state index in [9.17, 15) is 10.1 Å². The molecule has 4 heteroatoms. The summed E-state index contributed by atoms with van der Waals surface area (Å²) in [6.07, 6.45) is 2.17. The van der Waals surface area contributed by atoms with Crippen LogP contribution in [0.5, 0.6) is 0 Å². The summed E-state index contributed by atoms with van der Waals surface area (Å²) < 4.78 is 0. The highest BCUT2D eigenvalue weighted by molar-refractivity contribution is 6.27.